The zero-order valence-corrected chi connectivity index (χ0v) is 22.2. The van der Waals surface area contributed by atoms with Gasteiger partial charge in [-0.25, -0.2) is 9.97 Å². The molecule has 0 aliphatic carbocycles. The van der Waals surface area contributed by atoms with Gasteiger partial charge in [0.25, 0.3) is 5.91 Å². The Labute approximate surface area is 220 Å². The molecule has 37 heavy (non-hydrogen) atoms. The number of anilines is 4. The summed E-state index contributed by atoms with van der Waals surface area (Å²) in [6.07, 6.45) is 3.08. The van der Waals surface area contributed by atoms with E-state index in [0.717, 1.165) is 44.1 Å². The maximum Gasteiger partial charge on any atom is 0.271 e. The molecule has 2 aromatic rings. The lowest BCUT2D eigenvalue weighted by Crippen LogP contribution is -2.52. The van der Waals surface area contributed by atoms with Crippen molar-refractivity contribution in [1.82, 2.24) is 25.1 Å². The molecule has 5 rings (SSSR count). The molecule has 200 valence electrons. The Hall–Kier alpha value is -2.95. The van der Waals surface area contributed by atoms with Gasteiger partial charge in [-0.3, -0.25) is 9.69 Å². The van der Waals surface area contributed by atoms with Gasteiger partial charge in [-0.1, -0.05) is 6.92 Å². The zero-order chi connectivity index (χ0) is 25.8. The van der Waals surface area contributed by atoms with Gasteiger partial charge in [-0.05, 0) is 50.6 Å². The van der Waals surface area contributed by atoms with Gasteiger partial charge >= 0.3 is 0 Å². The van der Waals surface area contributed by atoms with E-state index in [2.05, 4.69) is 54.8 Å². The van der Waals surface area contributed by atoms with Crippen molar-refractivity contribution >= 4 is 28.9 Å². The molecule has 0 radical (unpaired) electrons. The number of benzene rings is 1. The van der Waals surface area contributed by atoms with Crippen LogP contribution in [0.1, 0.15) is 35.9 Å². The summed E-state index contributed by atoms with van der Waals surface area (Å²) in [5, 5.41) is 9.99. The van der Waals surface area contributed by atoms with Crippen LogP contribution in [0.5, 0.6) is 0 Å². The first-order chi connectivity index (χ1) is 18.0. The first-order valence-electron chi connectivity index (χ1n) is 13.7. The zero-order valence-electron chi connectivity index (χ0n) is 22.2. The van der Waals surface area contributed by atoms with Crippen molar-refractivity contribution < 1.29 is 4.79 Å². The average molecular weight is 508 g/mol. The van der Waals surface area contributed by atoms with Crippen LogP contribution in [0.25, 0.3) is 0 Å². The molecule has 0 unspecified atom stereocenters. The Morgan fingerprint density at radius 1 is 1.03 bits per heavy atom. The summed E-state index contributed by atoms with van der Waals surface area (Å²) < 4.78 is 0. The normalized spacial score (nSPS) is 20.0. The molecule has 5 N–H and O–H groups in total. The second kappa shape index (κ2) is 11.6. The molecule has 1 aromatic carbocycles. The number of hydrogen-bond acceptors (Lipinski definition) is 9. The van der Waals surface area contributed by atoms with Gasteiger partial charge < -0.3 is 31.5 Å². The van der Waals surface area contributed by atoms with Crippen LogP contribution in [0.4, 0.5) is 23.0 Å². The molecule has 3 aliphatic rings. The highest BCUT2D eigenvalue weighted by molar-refractivity contribution is 5.96. The van der Waals surface area contributed by atoms with Crippen molar-refractivity contribution in [3.8, 4) is 0 Å². The molecule has 0 bridgehead atoms. The predicted molar refractivity (Wildman–Crippen MR) is 149 cm³/mol. The minimum absolute atomic E-state index is 0.169. The summed E-state index contributed by atoms with van der Waals surface area (Å²) in [5.41, 5.74) is 8.66. The van der Waals surface area contributed by atoms with Crippen molar-refractivity contribution in [1.29, 1.82) is 0 Å². The topological polar surface area (TPSA) is 115 Å². The highest BCUT2D eigenvalue weighted by Gasteiger charge is 2.27. The fraction of sp³-hybridized carbons (Fsp3) is 0.593. The van der Waals surface area contributed by atoms with E-state index in [-0.39, 0.29) is 5.69 Å². The standard InChI is InChI=1S/C27H41N9O/c1-3-23-26(30-18-19-16-29-17-19)33-27(24(32-23)25(28)37)31-20-4-6-21(7-5-20)35-10-8-22(9-11-35)36-14-12-34(2)13-15-36/h4-7,19,22,29H,3,8-18H2,1-2H3,(H2,28,37)(H2,30,31,33). The second-order valence-electron chi connectivity index (χ2n) is 10.6. The average Bonchev–Trinajstić information content (AvgIpc) is 2.89. The highest BCUT2D eigenvalue weighted by Crippen LogP contribution is 2.27. The van der Waals surface area contributed by atoms with Crippen LogP contribution in [-0.2, 0) is 6.42 Å². The molecule has 3 fully saturated rings. The molecular formula is C27H41N9O. The summed E-state index contributed by atoms with van der Waals surface area (Å²) in [6, 6.07) is 9.05. The van der Waals surface area contributed by atoms with Crippen molar-refractivity contribution in [2.45, 2.75) is 32.2 Å². The van der Waals surface area contributed by atoms with Gasteiger partial charge in [0.15, 0.2) is 11.5 Å². The van der Waals surface area contributed by atoms with Crippen LogP contribution in [0.2, 0.25) is 0 Å². The highest BCUT2D eigenvalue weighted by atomic mass is 16.1. The minimum Gasteiger partial charge on any atom is -0.371 e. The lowest BCUT2D eigenvalue weighted by molar-refractivity contribution is 0.0982. The van der Waals surface area contributed by atoms with Crippen LogP contribution >= 0.6 is 0 Å². The summed E-state index contributed by atoms with van der Waals surface area (Å²) in [5.74, 6) is 1.10. The van der Waals surface area contributed by atoms with Crippen LogP contribution in [-0.4, -0.2) is 97.7 Å². The third kappa shape index (κ3) is 6.14. The predicted octanol–water partition coefficient (Wildman–Crippen LogP) is 1.73. The first kappa shape index (κ1) is 25.7. The molecule has 10 heteroatoms. The smallest absolute Gasteiger partial charge is 0.271 e. The van der Waals surface area contributed by atoms with E-state index in [0.29, 0.717) is 30.0 Å². The van der Waals surface area contributed by atoms with Crippen LogP contribution in [0.3, 0.4) is 0 Å². The lowest BCUT2D eigenvalue weighted by Gasteiger charge is -2.42. The monoisotopic (exact) mass is 507 g/mol. The Morgan fingerprint density at radius 3 is 2.32 bits per heavy atom. The van der Waals surface area contributed by atoms with E-state index in [1.807, 2.05) is 19.1 Å². The fourth-order valence-electron chi connectivity index (χ4n) is 5.42. The molecule has 1 amide bonds. The molecule has 3 aliphatic heterocycles. The third-order valence-electron chi connectivity index (χ3n) is 7.97. The number of hydrogen-bond donors (Lipinski definition) is 4. The van der Waals surface area contributed by atoms with Gasteiger partial charge in [0.1, 0.15) is 5.82 Å². The third-order valence-corrected chi connectivity index (χ3v) is 7.97. The van der Waals surface area contributed by atoms with E-state index in [1.165, 1.54) is 44.7 Å². The van der Waals surface area contributed by atoms with Crippen molar-refractivity contribution in [3.63, 3.8) is 0 Å². The molecule has 0 spiro atoms. The number of rotatable bonds is 9. The number of likely N-dealkylation sites (N-methyl/N-ethyl adjacent to an activating group) is 1. The van der Waals surface area contributed by atoms with Gasteiger partial charge in [0, 0.05) is 82.2 Å². The SMILES string of the molecule is CCc1nc(C(N)=O)c(Nc2ccc(N3CCC(N4CCN(C)CC4)CC3)cc2)nc1NCC1CNC1. The minimum atomic E-state index is -0.584. The number of nitrogens with zero attached hydrogens (tertiary/aromatic N) is 5. The van der Waals surface area contributed by atoms with E-state index >= 15 is 0 Å². The van der Waals surface area contributed by atoms with Crippen LogP contribution in [0.15, 0.2) is 24.3 Å². The van der Waals surface area contributed by atoms with Crippen molar-refractivity contribution in [2.75, 3.05) is 81.5 Å². The summed E-state index contributed by atoms with van der Waals surface area (Å²) in [6.45, 7) is 11.7. The summed E-state index contributed by atoms with van der Waals surface area (Å²) in [7, 11) is 2.21. The van der Waals surface area contributed by atoms with Gasteiger partial charge in [-0.2, -0.15) is 0 Å². The Bertz CT molecular complexity index is 1060. The molecule has 4 heterocycles. The van der Waals surface area contributed by atoms with Crippen molar-refractivity contribution in [2.24, 2.45) is 11.7 Å². The lowest BCUT2D eigenvalue weighted by atomic mass is 10.0. The van der Waals surface area contributed by atoms with Gasteiger partial charge in [-0.15, -0.1) is 0 Å². The summed E-state index contributed by atoms with van der Waals surface area (Å²) >= 11 is 0. The number of primary amides is 1. The van der Waals surface area contributed by atoms with E-state index < -0.39 is 5.91 Å². The Kier molecular flexibility index (Phi) is 8.07. The van der Waals surface area contributed by atoms with E-state index in [9.17, 15) is 4.79 Å². The Morgan fingerprint density at radius 2 is 1.73 bits per heavy atom. The molecule has 0 saturated carbocycles. The largest absolute Gasteiger partial charge is 0.371 e. The summed E-state index contributed by atoms with van der Waals surface area (Å²) in [4.78, 5) is 29.0. The number of nitrogens with one attached hydrogen (secondary N) is 3. The van der Waals surface area contributed by atoms with E-state index in [4.69, 9.17) is 10.7 Å². The maximum atomic E-state index is 12.2. The number of piperidine rings is 1. The van der Waals surface area contributed by atoms with Gasteiger partial charge in [0.2, 0.25) is 0 Å². The van der Waals surface area contributed by atoms with Crippen molar-refractivity contribution in [3.05, 3.63) is 35.7 Å². The number of carbonyl (C=O) groups excluding carboxylic acids is 1. The number of aromatic nitrogens is 2. The van der Waals surface area contributed by atoms with E-state index in [1.54, 1.807) is 0 Å². The number of aryl methyl sites for hydroxylation is 1. The van der Waals surface area contributed by atoms with Gasteiger partial charge in [0.05, 0.1) is 5.69 Å². The number of piperazine rings is 1. The Balaban J connectivity index is 1.23. The number of carbonyl (C=O) groups is 1. The molecule has 10 nitrogen and oxygen atoms in total. The first-order valence-corrected chi connectivity index (χ1v) is 13.7. The quantitative estimate of drug-likeness (QED) is 0.403. The number of amides is 1. The molecular weight excluding hydrogens is 466 g/mol. The molecule has 3 saturated heterocycles. The fourth-order valence-corrected chi connectivity index (χ4v) is 5.42. The second-order valence-corrected chi connectivity index (χ2v) is 10.6. The van der Waals surface area contributed by atoms with Crippen LogP contribution < -0.4 is 26.6 Å². The molecule has 1 aromatic heterocycles. The van der Waals surface area contributed by atoms with Crippen LogP contribution in [0, 0.1) is 5.92 Å². The maximum absolute atomic E-state index is 12.2. The molecule has 0 atom stereocenters. The number of nitrogens with two attached hydrogens (primary N) is 1.